The van der Waals surface area contributed by atoms with Crippen LogP contribution in [0, 0.1) is 0 Å². The molecule has 1 atom stereocenters. The van der Waals surface area contributed by atoms with Gasteiger partial charge in [-0.2, -0.15) is 5.10 Å². The van der Waals surface area contributed by atoms with E-state index in [2.05, 4.69) is 28.6 Å². The van der Waals surface area contributed by atoms with E-state index < -0.39 is 0 Å². The average molecular weight is 332 g/mol. The van der Waals surface area contributed by atoms with Gasteiger partial charge in [-0.1, -0.05) is 23.7 Å². The zero-order valence-corrected chi connectivity index (χ0v) is 13.9. The molecule has 4 rings (SSSR count). The maximum absolute atomic E-state index is 6.00. The van der Waals surface area contributed by atoms with E-state index >= 15 is 0 Å². The highest BCUT2D eigenvalue weighted by Crippen LogP contribution is 2.46. The fraction of sp³-hybridized carbons (Fsp3) is 0.500. The molecule has 1 saturated carbocycles. The summed E-state index contributed by atoms with van der Waals surface area (Å²) < 4.78 is 7.91. The molecule has 23 heavy (non-hydrogen) atoms. The Labute approximate surface area is 141 Å². The minimum atomic E-state index is 0.0984. The molecular formula is C18H22ClN3O. The first-order valence-electron chi connectivity index (χ1n) is 8.42. The third-order valence-electron chi connectivity index (χ3n) is 4.94. The van der Waals surface area contributed by atoms with Crippen molar-refractivity contribution in [2.75, 3.05) is 6.61 Å². The van der Waals surface area contributed by atoms with Crippen LogP contribution in [0.4, 0.5) is 0 Å². The van der Waals surface area contributed by atoms with Crippen LogP contribution in [0.25, 0.3) is 0 Å². The van der Waals surface area contributed by atoms with Gasteiger partial charge in [0.05, 0.1) is 5.69 Å². The molecule has 0 unspecified atom stereocenters. The molecule has 2 fully saturated rings. The normalized spacial score (nSPS) is 22.9. The van der Waals surface area contributed by atoms with Crippen LogP contribution in [0.15, 0.2) is 36.5 Å². The van der Waals surface area contributed by atoms with Gasteiger partial charge in [0.2, 0.25) is 0 Å². The molecule has 4 nitrogen and oxygen atoms in total. The van der Waals surface area contributed by atoms with Crippen LogP contribution < -0.4 is 5.32 Å². The van der Waals surface area contributed by atoms with Crippen molar-refractivity contribution in [3.05, 3.63) is 52.8 Å². The summed E-state index contributed by atoms with van der Waals surface area (Å²) in [5, 5.41) is 9.00. The van der Waals surface area contributed by atoms with Gasteiger partial charge >= 0.3 is 0 Å². The second-order valence-electron chi connectivity index (χ2n) is 6.53. The Balaban J connectivity index is 1.45. The Hall–Kier alpha value is -1.36. The first-order valence-corrected chi connectivity index (χ1v) is 8.80. The second-order valence-corrected chi connectivity index (χ2v) is 6.97. The largest absolute Gasteiger partial charge is 0.357 e. The van der Waals surface area contributed by atoms with Gasteiger partial charge in [-0.25, -0.2) is 4.68 Å². The van der Waals surface area contributed by atoms with Crippen LogP contribution in [0.1, 0.15) is 49.6 Å². The van der Waals surface area contributed by atoms with E-state index in [1.165, 1.54) is 30.5 Å². The zero-order valence-electron chi connectivity index (χ0n) is 13.2. The highest BCUT2D eigenvalue weighted by atomic mass is 35.5. The van der Waals surface area contributed by atoms with Crippen molar-refractivity contribution in [2.24, 2.45) is 0 Å². The van der Waals surface area contributed by atoms with Gasteiger partial charge in [0.1, 0.15) is 0 Å². The minimum absolute atomic E-state index is 0.0984. The van der Waals surface area contributed by atoms with Gasteiger partial charge < -0.3 is 10.1 Å². The monoisotopic (exact) mass is 331 g/mol. The van der Waals surface area contributed by atoms with Crippen molar-refractivity contribution >= 4 is 11.6 Å². The van der Waals surface area contributed by atoms with Gasteiger partial charge in [-0.15, -0.1) is 0 Å². The lowest BCUT2D eigenvalue weighted by Gasteiger charge is -2.25. The molecule has 2 aromatic rings. The van der Waals surface area contributed by atoms with E-state index in [9.17, 15) is 0 Å². The standard InChI is InChI=1S/C18H22ClN3O/c19-15-6-4-14(5-7-15)18(9-10-18)20-13-16-8-11-21-22(16)17-3-1-2-12-23-17/h4-8,11,17,20H,1-3,9-10,12-13H2/t17-/m0/s1. The molecule has 1 aliphatic carbocycles. The van der Waals surface area contributed by atoms with E-state index in [1.807, 2.05) is 23.0 Å². The number of hydrogen-bond acceptors (Lipinski definition) is 3. The number of rotatable bonds is 5. The summed E-state index contributed by atoms with van der Waals surface area (Å²) in [6.07, 6.45) is 7.73. The Kier molecular flexibility index (Phi) is 4.14. The first kappa shape index (κ1) is 15.2. The molecule has 122 valence electrons. The van der Waals surface area contributed by atoms with E-state index in [4.69, 9.17) is 16.3 Å². The van der Waals surface area contributed by atoms with Crippen LogP contribution >= 0.6 is 11.6 Å². The Morgan fingerprint density at radius 3 is 2.74 bits per heavy atom. The Morgan fingerprint density at radius 1 is 1.22 bits per heavy atom. The number of hydrogen-bond donors (Lipinski definition) is 1. The number of benzene rings is 1. The smallest absolute Gasteiger partial charge is 0.150 e. The molecule has 1 saturated heterocycles. The molecule has 1 aromatic heterocycles. The molecule has 0 bridgehead atoms. The molecule has 1 aromatic carbocycles. The van der Waals surface area contributed by atoms with Gasteiger partial charge in [0.25, 0.3) is 0 Å². The molecule has 0 amide bonds. The number of aromatic nitrogens is 2. The summed E-state index contributed by atoms with van der Waals surface area (Å²) in [5.41, 5.74) is 2.62. The van der Waals surface area contributed by atoms with E-state index in [0.29, 0.717) is 0 Å². The average Bonchev–Trinajstić information content (AvgIpc) is 3.23. The lowest BCUT2D eigenvalue weighted by atomic mass is 10.0. The molecule has 2 heterocycles. The van der Waals surface area contributed by atoms with Crippen LogP contribution in [0.3, 0.4) is 0 Å². The van der Waals surface area contributed by atoms with Gasteiger partial charge in [-0.05, 0) is 55.9 Å². The third kappa shape index (κ3) is 3.16. The first-order chi connectivity index (χ1) is 11.3. The quantitative estimate of drug-likeness (QED) is 0.899. The number of nitrogens with one attached hydrogen (secondary N) is 1. The number of ether oxygens (including phenoxy) is 1. The van der Waals surface area contributed by atoms with Crippen molar-refractivity contribution in [3.8, 4) is 0 Å². The predicted octanol–water partition coefficient (Wildman–Crippen LogP) is 4.01. The highest BCUT2D eigenvalue weighted by Gasteiger charge is 2.43. The van der Waals surface area contributed by atoms with E-state index in [-0.39, 0.29) is 11.8 Å². The third-order valence-corrected chi connectivity index (χ3v) is 5.19. The maximum Gasteiger partial charge on any atom is 0.150 e. The summed E-state index contributed by atoms with van der Waals surface area (Å²) in [6.45, 7) is 1.65. The molecule has 0 spiro atoms. The lowest BCUT2D eigenvalue weighted by Crippen LogP contribution is -2.30. The highest BCUT2D eigenvalue weighted by molar-refractivity contribution is 6.30. The fourth-order valence-corrected chi connectivity index (χ4v) is 3.50. The van der Waals surface area contributed by atoms with E-state index in [1.54, 1.807) is 0 Å². The number of nitrogens with zero attached hydrogens (tertiary/aromatic N) is 2. The Morgan fingerprint density at radius 2 is 2.04 bits per heavy atom. The predicted molar refractivity (Wildman–Crippen MR) is 90.3 cm³/mol. The molecule has 0 radical (unpaired) electrons. The Bertz CT molecular complexity index is 657. The summed E-state index contributed by atoms with van der Waals surface area (Å²) in [5.74, 6) is 0. The van der Waals surface area contributed by atoms with Crippen molar-refractivity contribution in [1.29, 1.82) is 0 Å². The van der Waals surface area contributed by atoms with Gasteiger partial charge in [-0.3, -0.25) is 0 Å². The van der Waals surface area contributed by atoms with Crippen LogP contribution in [-0.4, -0.2) is 16.4 Å². The molecule has 2 aliphatic rings. The fourth-order valence-electron chi connectivity index (χ4n) is 3.38. The van der Waals surface area contributed by atoms with Crippen molar-refractivity contribution in [2.45, 2.75) is 50.4 Å². The summed E-state index contributed by atoms with van der Waals surface area (Å²) >= 11 is 6.00. The SMILES string of the molecule is Clc1ccc(C2(NCc3ccnn3[C@@H]3CCCCO3)CC2)cc1. The minimum Gasteiger partial charge on any atom is -0.357 e. The van der Waals surface area contributed by atoms with Crippen molar-refractivity contribution in [3.63, 3.8) is 0 Å². The van der Waals surface area contributed by atoms with E-state index in [0.717, 1.165) is 31.0 Å². The zero-order chi connectivity index (χ0) is 15.7. The summed E-state index contributed by atoms with van der Waals surface area (Å²) in [7, 11) is 0. The summed E-state index contributed by atoms with van der Waals surface area (Å²) in [4.78, 5) is 0. The van der Waals surface area contributed by atoms with Crippen LogP contribution in [0.2, 0.25) is 5.02 Å². The van der Waals surface area contributed by atoms with Crippen molar-refractivity contribution in [1.82, 2.24) is 15.1 Å². The van der Waals surface area contributed by atoms with Gasteiger partial charge in [0, 0.05) is 29.9 Å². The van der Waals surface area contributed by atoms with Crippen LogP contribution in [-0.2, 0) is 16.8 Å². The summed E-state index contributed by atoms with van der Waals surface area (Å²) in [6, 6.07) is 10.3. The second kappa shape index (κ2) is 6.27. The lowest BCUT2D eigenvalue weighted by molar-refractivity contribution is -0.0413. The van der Waals surface area contributed by atoms with Gasteiger partial charge in [0.15, 0.2) is 6.23 Å². The molecular weight excluding hydrogens is 310 g/mol. The number of halogens is 1. The maximum atomic E-state index is 6.00. The molecule has 5 heteroatoms. The molecule has 1 N–H and O–H groups in total. The molecule has 1 aliphatic heterocycles. The topological polar surface area (TPSA) is 39.1 Å². The van der Waals surface area contributed by atoms with Crippen LogP contribution in [0.5, 0.6) is 0 Å². The van der Waals surface area contributed by atoms with Crippen molar-refractivity contribution < 1.29 is 4.74 Å².